The van der Waals surface area contributed by atoms with Gasteiger partial charge in [0.2, 0.25) is 0 Å². The van der Waals surface area contributed by atoms with Gasteiger partial charge in [-0.2, -0.15) is 0 Å². The molecule has 0 saturated carbocycles. The first kappa shape index (κ1) is 16.1. The summed E-state index contributed by atoms with van der Waals surface area (Å²) in [5, 5.41) is 11.7. The van der Waals surface area contributed by atoms with E-state index < -0.39 is 5.97 Å². The number of carboxylic acids is 1. The molecule has 1 aliphatic rings. The fourth-order valence-electron chi connectivity index (χ4n) is 2.20. The molecule has 1 aliphatic heterocycles. The molecule has 2 aromatic rings. The molecular formula is C17H21N3O2. The Hall–Kier alpha value is -2.24. The van der Waals surface area contributed by atoms with Crippen LogP contribution in [0.15, 0.2) is 54.7 Å². The van der Waals surface area contributed by atoms with Gasteiger partial charge in [-0.15, -0.1) is 0 Å². The number of hydrogen-bond acceptors (Lipinski definition) is 4. The molecule has 5 heteroatoms. The first-order valence-electron chi connectivity index (χ1n) is 7.37. The summed E-state index contributed by atoms with van der Waals surface area (Å²) in [7, 11) is 0. The smallest absolute Gasteiger partial charge is 0.354 e. The van der Waals surface area contributed by atoms with Crippen LogP contribution in [0, 0.1) is 0 Å². The van der Waals surface area contributed by atoms with E-state index in [9.17, 15) is 4.79 Å². The normalized spacial score (nSPS) is 14.7. The van der Waals surface area contributed by atoms with Crippen LogP contribution in [0.3, 0.4) is 0 Å². The molecule has 1 saturated heterocycles. The van der Waals surface area contributed by atoms with Gasteiger partial charge in [0.05, 0.1) is 0 Å². The Bertz CT molecular complexity index is 555. The van der Waals surface area contributed by atoms with Gasteiger partial charge >= 0.3 is 5.97 Å². The fraction of sp³-hybridized carbons (Fsp3) is 0.294. The highest BCUT2D eigenvalue weighted by atomic mass is 16.4. The SMILES string of the molecule is O=C(O)c1ccccn1.c1ccc(CN2CCNCC2)cc1. The minimum absolute atomic E-state index is 0.0810. The predicted octanol–water partition coefficient (Wildman–Crippen LogP) is 1.87. The van der Waals surface area contributed by atoms with Crippen molar-refractivity contribution in [3.63, 3.8) is 0 Å². The summed E-state index contributed by atoms with van der Waals surface area (Å²) in [5.74, 6) is -0.990. The van der Waals surface area contributed by atoms with Crippen molar-refractivity contribution in [2.24, 2.45) is 0 Å². The molecule has 1 fully saturated rings. The highest BCUT2D eigenvalue weighted by Gasteiger charge is 2.08. The van der Waals surface area contributed by atoms with Gasteiger partial charge < -0.3 is 10.4 Å². The average Bonchev–Trinajstić information content (AvgIpc) is 2.58. The van der Waals surface area contributed by atoms with E-state index in [1.165, 1.54) is 30.9 Å². The van der Waals surface area contributed by atoms with Crippen LogP contribution in [-0.2, 0) is 6.54 Å². The number of nitrogens with one attached hydrogen (secondary N) is 1. The summed E-state index contributed by atoms with van der Waals surface area (Å²) in [4.78, 5) is 16.2. The van der Waals surface area contributed by atoms with Crippen LogP contribution in [0.2, 0.25) is 0 Å². The predicted molar refractivity (Wildman–Crippen MR) is 85.8 cm³/mol. The molecule has 0 spiro atoms. The zero-order chi connectivity index (χ0) is 15.6. The molecule has 0 atom stereocenters. The zero-order valence-electron chi connectivity index (χ0n) is 12.5. The lowest BCUT2D eigenvalue weighted by molar-refractivity contribution is 0.0690. The molecule has 1 aromatic heterocycles. The van der Waals surface area contributed by atoms with Gasteiger partial charge in [-0.05, 0) is 17.7 Å². The molecule has 5 nitrogen and oxygen atoms in total. The van der Waals surface area contributed by atoms with E-state index >= 15 is 0 Å². The van der Waals surface area contributed by atoms with E-state index in [4.69, 9.17) is 5.11 Å². The standard InChI is InChI=1S/C11H16N2.C6H5NO2/c1-2-4-11(5-3-1)10-13-8-6-12-7-9-13;8-6(9)5-3-1-2-4-7-5/h1-5,12H,6-10H2;1-4H,(H,8,9). The lowest BCUT2D eigenvalue weighted by atomic mass is 10.2. The third-order valence-corrected chi connectivity index (χ3v) is 3.34. The number of carbonyl (C=O) groups is 1. The largest absolute Gasteiger partial charge is 0.477 e. The number of pyridine rings is 1. The summed E-state index contributed by atoms with van der Waals surface area (Å²) >= 11 is 0. The third-order valence-electron chi connectivity index (χ3n) is 3.34. The summed E-state index contributed by atoms with van der Waals surface area (Å²) in [5.41, 5.74) is 1.50. The van der Waals surface area contributed by atoms with E-state index in [1.54, 1.807) is 12.1 Å². The number of hydrogen-bond donors (Lipinski definition) is 2. The number of piperazine rings is 1. The molecule has 0 unspecified atom stereocenters. The molecule has 0 radical (unpaired) electrons. The number of carboxylic acid groups (broad SMARTS) is 1. The second-order valence-electron chi connectivity index (χ2n) is 5.03. The minimum Gasteiger partial charge on any atom is -0.477 e. The van der Waals surface area contributed by atoms with Gasteiger partial charge in [0.25, 0.3) is 0 Å². The van der Waals surface area contributed by atoms with Gasteiger partial charge in [0.15, 0.2) is 0 Å². The lowest BCUT2D eigenvalue weighted by Crippen LogP contribution is -2.42. The molecule has 2 N–H and O–H groups in total. The van der Waals surface area contributed by atoms with Crippen molar-refractivity contribution in [1.82, 2.24) is 15.2 Å². The second kappa shape index (κ2) is 8.92. The molecule has 0 amide bonds. The molecule has 1 aromatic carbocycles. The number of aromatic nitrogens is 1. The van der Waals surface area contributed by atoms with Crippen LogP contribution in [-0.4, -0.2) is 47.1 Å². The third kappa shape index (κ3) is 5.63. The maximum absolute atomic E-state index is 10.1. The maximum atomic E-state index is 10.1. The van der Waals surface area contributed by atoms with Gasteiger partial charge in [0, 0.05) is 38.9 Å². The number of aromatic carboxylic acids is 1. The Kier molecular flexibility index (Phi) is 6.54. The van der Waals surface area contributed by atoms with Crippen LogP contribution in [0.5, 0.6) is 0 Å². The van der Waals surface area contributed by atoms with Gasteiger partial charge in [-0.3, -0.25) is 4.90 Å². The highest BCUT2D eigenvalue weighted by Crippen LogP contribution is 2.04. The van der Waals surface area contributed by atoms with Crippen molar-refractivity contribution in [1.29, 1.82) is 0 Å². The van der Waals surface area contributed by atoms with Gasteiger partial charge in [-0.1, -0.05) is 36.4 Å². The number of benzene rings is 1. The highest BCUT2D eigenvalue weighted by molar-refractivity contribution is 5.85. The summed E-state index contributed by atoms with van der Waals surface area (Å²) < 4.78 is 0. The van der Waals surface area contributed by atoms with Crippen molar-refractivity contribution >= 4 is 5.97 Å². The molecule has 116 valence electrons. The van der Waals surface area contributed by atoms with Crippen molar-refractivity contribution in [2.45, 2.75) is 6.54 Å². The molecule has 2 heterocycles. The topological polar surface area (TPSA) is 65.5 Å². The van der Waals surface area contributed by atoms with Crippen LogP contribution in [0.25, 0.3) is 0 Å². The molecule has 0 bridgehead atoms. The van der Waals surface area contributed by atoms with E-state index in [1.807, 2.05) is 0 Å². The first-order valence-corrected chi connectivity index (χ1v) is 7.37. The molecular weight excluding hydrogens is 278 g/mol. The van der Waals surface area contributed by atoms with Crippen LogP contribution < -0.4 is 5.32 Å². The zero-order valence-corrected chi connectivity index (χ0v) is 12.5. The molecule has 3 rings (SSSR count). The lowest BCUT2D eigenvalue weighted by Gasteiger charge is -2.27. The Morgan fingerprint density at radius 3 is 2.32 bits per heavy atom. The van der Waals surface area contributed by atoms with E-state index in [0.717, 1.165) is 19.6 Å². The van der Waals surface area contributed by atoms with E-state index in [2.05, 4.69) is 45.5 Å². The molecule has 0 aliphatic carbocycles. The second-order valence-corrected chi connectivity index (χ2v) is 5.03. The Balaban J connectivity index is 0.000000172. The van der Waals surface area contributed by atoms with Crippen LogP contribution in [0.1, 0.15) is 16.1 Å². The van der Waals surface area contributed by atoms with Crippen molar-refractivity contribution in [2.75, 3.05) is 26.2 Å². The van der Waals surface area contributed by atoms with Crippen molar-refractivity contribution in [3.05, 3.63) is 66.0 Å². The quantitative estimate of drug-likeness (QED) is 0.906. The number of rotatable bonds is 3. The average molecular weight is 299 g/mol. The van der Waals surface area contributed by atoms with Gasteiger partial charge in [-0.25, -0.2) is 9.78 Å². The van der Waals surface area contributed by atoms with Gasteiger partial charge in [0.1, 0.15) is 5.69 Å². The fourth-order valence-corrected chi connectivity index (χ4v) is 2.20. The maximum Gasteiger partial charge on any atom is 0.354 e. The van der Waals surface area contributed by atoms with Crippen LogP contribution in [0.4, 0.5) is 0 Å². The minimum atomic E-state index is -0.990. The Morgan fingerprint density at radius 1 is 1.09 bits per heavy atom. The summed E-state index contributed by atoms with van der Waals surface area (Å²) in [6, 6.07) is 15.4. The van der Waals surface area contributed by atoms with Crippen LogP contribution >= 0.6 is 0 Å². The van der Waals surface area contributed by atoms with Crippen molar-refractivity contribution < 1.29 is 9.90 Å². The van der Waals surface area contributed by atoms with E-state index in [-0.39, 0.29) is 5.69 Å². The van der Waals surface area contributed by atoms with E-state index in [0.29, 0.717) is 0 Å². The first-order chi connectivity index (χ1) is 10.8. The number of nitrogens with zero attached hydrogens (tertiary/aromatic N) is 2. The summed E-state index contributed by atoms with van der Waals surface area (Å²) in [6.07, 6.45) is 1.45. The Labute approximate surface area is 130 Å². The monoisotopic (exact) mass is 299 g/mol. The van der Waals surface area contributed by atoms with Crippen molar-refractivity contribution in [3.8, 4) is 0 Å². The molecule has 22 heavy (non-hydrogen) atoms. The Morgan fingerprint density at radius 2 is 1.77 bits per heavy atom. The summed E-state index contributed by atoms with van der Waals surface area (Å²) in [6.45, 7) is 5.71.